The number of ether oxygens (including phenoxy) is 4. The second-order valence-corrected chi connectivity index (χ2v) is 5.85. The Kier molecular flexibility index (Phi) is 6.32. The molecule has 0 atom stereocenters. The van der Waals surface area contributed by atoms with Gasteiger partial charge in [0.1, 0.15) is 16.9 Å². The van der Waals surface area contributed by atoms with Crippen molar-refractivity contribution >= 4 is 17.6 Å². The molecule has 2 aromatic rings. The number of rotatable bonds is 7. The van der Waals surface area contributed by atoms with Crippen molar-refractivity contribution in [1.82, 2.24) is 9.13 Å². The zero-order valence-electron chi connectivity index (χ0n) is 16.6. The number of Topliss-reactive ketones (excluding diaryl/α,β-unsaturated/α-hetero) is 1. The van der Waals surface area contributed by atoms with Crippen LogP contribution in [-0.4, -0.2) is 48.8 Å². The average Bonchev–Trinajstić information content (AvgIpc) is 2.73. The van der Waals surface area contributed by atoms with Crippen molar-refractivity contribution in [2.45, 2.75) is 0 Å². The maximum atomic E-state index is 12.5. The number of ketones is 1. The molecule has 2 rings (SSSR count). The van der Waals surface area contributed by atoms with Gasteiger partial charge in [-0.15, -0.1) is 0 Å². The summed E-state index contributed by atoms with van der Waals surface area (Å²) in [5, 5.41) is 0. The van der Waals surface area contributed by atoms with Gasteiger partial charge in [0.05, 0.1) is 21.3 Å². The van der Waals surface area contributed by atoms with Crippen molar-refractivity contribution in [3.8, 4) is 17.2 Å². The Morgan fingerprint density at radius 1 is 0.966 bits per heavy atom. The lowest BCUT2D eigenvalue weighted by atomic mass is 10.1. The lowest BCUT2D eigenvalue weighted by Crippen LogP contribution is -2.42. The summed E-state index contributed by atoms with van der Waals surface area (Å²) in [4.78, 5) is 49.0. The van der Waals surface area contributed by atoms with Crippen LogP contribution in [0.5, 0.6) is 17.2 Å². The highest BCUT2D eigenvalue weighted by Crippen LogP contribution is 2.39. The molecule has 0 radical (unpaired) electrons. The van der Waals surface area contributed by atoms with E-state index >= 15 is 0 Å². The van der Waals surface area contributed by atoms with Crippen LogP contribution in [0, 0.1) is 0 Å². The number of hydrogen-bond donors (Lipinski definition) is 1. The van der Waals surface area contributed by atoms with Gasteiger partial charge in [-0.3, -0.25) is 18.7 Å². The molecule has 0 aliphatic heterocycles. The number of hydrogen-bond acceptors (Lipinski definition) is 9. The van der Waals surface area contributed by atoms with E-state index in [0.717, 1.165) is 9.13 Å². The Morgan fingerprint density at radius 3 is 2.14 bits per heavy atom. The maximum absolute atomic E-state index is 12.5. The van der Waals surface area contributed by atoms with Gasteiger partial charge in [-0.25, -0.2) is 9.59 Å². The fourth-order valence-corrected chi connectivity index (χ4v) is 2.67. The van der Waals surface area contributed by atoms with Crippen LogP contribution < -0.4 is 31.2 Å². The van der Waals surface area contributed by atoms with E-state index in [1.807, 2.05) is 0 Å². The quantitative estimate of drug-likeness (QED) is 0.485. The molecule has 0 fully saturated rings. The van der Waals surface area contributed by atoms with Crippen LogP contribution in [0.2, 0.25) is 0 Å². The molecule has 0 unspecified atom stereocenters. The fraction of sp³-hybridized carbons (Fsp3) is 0.333. The summed E-state index contributed by atoms with van der Waals surface area (Å²) in [6.45, 7) is -0.770. The van der Waals surface area contributed by atoms with E-state index in [2.05, 4.69) is 0 Å². The average molecular weight is 407 g/mol. The van der Waals surface area contributed by atoms with E-state index in [0.29, 0.717) is 5.75 Å². The largest absolute Gasteiger partial charge is 0.493 e. The Labute approximate surface area is 165 Å². The van der Waals surface area contributed by atoms with Crippen LogP contribution in [0.1, 0.15) is 20.7 Å². The standard InChI is InChI=1S/C18H21N3O8/c1-20-15(19)12(16(23)21(2)18(20)25)10(22)8-29-17(24)9-6-7-11(26-3)14(28-5)13(9)27-4/h6-7H,8,19H2,1-5H3. The van der Waals surface area contributed by atoms with Crippen LogP contribution in [-0.2, 0) is 18.8 Å². The predicted molar refractivity (Wildman–Crippen MR) is 102 cm³/mol. The highest BCUT2D eigenvalue weighted by molar-refractivity contribution is 6.02. The Bertz CT molecular complexity index is 1080. The summed E-state index contributed by atoms with van der Waals surface area (Å²) in [7, 11) is 6.65. The first-order chi connectivity index (χ1) is 13.7. The van der Waals surface area contributed by atoms with E-state index in [1.165, 1.54) is 47.6 Å². The highest BCUT2D eigenvalue weighted by atomic mass is 16.5. The molecule has 1 heterocycles. The number of nitrogen functional groups attached to an aromatic ring is 1. The molecule has 1 aromatic carbocycles. The molecule has 0 aliphatic carbocycles. The number of nitrogens with two attached hydrogens (primary N) is 1. The van der Waals surface area contributed by atoms with Gasteiger partial charge in [-0.1, -0.05) is 0 Å². The lowest BCUT2D eigenvalue weighted by molar-refractivity contribution is 0.0470. The molecule has 11 heteroatoms. The molecule has 0 saturated heterocycles. The second kappa shape index (κ2) is 8.50. The van der Waals surface area contributed by atoms with Gasteiger partial charge in [0, 0.05) is 14.1 Å². The number of esters is 1. The van der Waals surface area contributed by atoms with Gasteiger partial charge in [0.15, 0.2) is 18.1 Å². The monoisotopic (exact) mass is 407 g/mol. The molecule has 11 nitrogen and oxygen atoms in total. The van der Waals surface area contributed by atoms with Gasteiger partial charge in [-0.05, 0) is 12.1 Å². The van der Waals surface area contributed by atoms with Gasteiger partial charge in [0.2, 0.25) is 11.5 Å². The first kappa shape index (κ1) is 21.5. The normalized spacial score (nSPS) is 10.4. The van der Waals surface area contributed by atoms with Gasteiger partial charge in [0.25, 0.3) is 5.56 Å². The number of methoxy groups -OCH3 is 3. The Morgan fingerprint density at radius 2 is 1.59 bits per heavy atom. The minimum atomic E-state index is -0.892. The summed E-state index contributed by atoms with van der Waals surface area (Å²) in [6, 6.07) is 2.85. The van der Waals surface area contributed by atoms with E-state index in [-0.39, 0.29) is 22.9 Å². The first-order valence-corrected chi connectivity index (χ1v) is 8.24. The first-order valence-electron chi connectivity index (χ1n) is 8.24. The summed E-state index contributed by atoms with van der Waals surface area (Å²) in [6.07, 6.45) is 0. The lowest BCUT2D eigenvalue weighted by Gasteiger charge is -2.15. The van der Waals surface area contributed by atoms with E-state index in [1.54, 1.807) is 0 Å². The van der Waals surface area contributed by atoms with Crippen molar-refractivity contribution in [3.63, 3.8) is 0 Å². The third-order valence-corrected chi connectivity index (χ3v) is 4.25. The van der Waals surface area contributed by atoms with E-state index < -0.39 is 35.2 Å². The van der Waals surface area contributed by atoms with Crippen LogP contribution in [0.3, 0.4) is 0 Å². The van der Waals surface area contributed by atoms with Crippen LogP contribution in [0.4, 0.5) is 5.82 Å². The number of benzene rings is 1. The second-order valence-electron chi connectivity index (χ2n) is 5.85. The van der Waals surface area contributed by atoms with Crippen molar-refractivity contribution in [2.75, 3.05) is 33.7 Å². The maximum Gasteiger partial charge on any atom is 0.342 e. The number of carbonyl (C=O) groups excluding carboxylic acids is 2. The van der Waals surface area contributed by atoms with Gasteiger partial charge >= 0.3 is 11.7 Å². The van der Waals surface area contributed by atoms with E-state index in [9.17, 15) is 19.2 Å². The summed E-state index contributed by atoms with van der Waals surface area (Å²) >= 11 is 0. The summed E-state index contributed by atoms with van der Waals surface area (Å²) < 4.78 is 22.3. The molecule has 0 aliphatic rings. The molecule has 29 heavy (non-hydrogen) atoms. The zero-order chi connectivity index (χ0) is 21.9. The van der Waals surface area contributed by atoms with Crippen molar-refractivity contribution in [1.29, 1.82) is 0 Å². The third-order valence-electron chi connectivity index (χ3n) is 4.25. The Balaban J connectivity index is 2.33. The molecule has 0 spiro atoms. The van der Waals surface area contributed by atoms with Crippen molar-refractivity contribution < 1.29 is 28.5 Å². The number of carbonyl (C=O) groups is 2. The third kappa shape index (κ3) is 3.79. The molecule has 0 bridgehead atoms. The molecule has 0 amide bonds. The molecular formula is C18H21N3O8. The van der Waals surface area contributed by atoms with Crippen LogP contribution in [0.25, 0.3) is 0 Å². The number of nitrogens with zero attached hydrogens (tertiary/aromatic N) is 2. The highest BCUT2D eigenvalue weighted by Gasteiger charge is 2.25. The van der Waals surface area contributed by atoms with Gasteiger partial charge < -0.3 is 24.7 Å². The SMILES string of the molecule is COc1ccc(C(=O)OCC(=O)c2c(N)n(C)c(=O)n(C)c2=O)c(OC)c1OC. The van der Waals surface area contributed by atoms with Crippen LogP contribution >= 0.6 is 0 Å². The molecule has 1 aromatic heterocycles. The number of aromatic nitrogens is 2. The van der Waals surface area contributed by atoms with Crippen molar-refractivity contribution in [3.05, 3.63) is 44.1 Å². The topological polar surface area (TPSA) is 141 Å². The summed E-state index contributed by atoms with van der Waals surface area (Å²) in [5.74, 6) is -1.50. The van der Waals surface area contributed by atoms with Crippen molar-refractivity contribution in [2.24, 2.45) is 14.1 Å². The molecule has 156 valence electrons. The van der Waals surface area contributed by atoms with Crippen LogP contribution in [0.15, 0.2) is 21.7 Å². The molecular weight excluding hydrogens is 386 g/mol. The fourth-order valence-electron chi connectivity index (χ4n) is 2.67. The zero-order valence-corrected chi connectivity index (χ0v) is 16.6. The number of anilines is 1. The predicted octanol–water partition coefficient (Wildman–Crippen LogP) is -0.268. The Hall–Kier alpha value is -3.76. The minimum absolute atomic E-state index is 0.0145. The summed E-state index contributed by atoms with van der Waals surface area (Å²) in [5.41, 5.74) is 3.70. The van der Waals surface area contributed by atoms with Gasteiger partial charge in [-0.2, -0.15) is 0 Å². The smallest absolute Gasteiger partial charge is 0.342 e. The minimum Gasteiger partial charge on any atom is -0.493 e. The molecule has 2 N–H and O–H groups in total. The van der Waals surface area contributed by atoms with E-state index in [4.69, 9.17) is 24.7 Å². The molecule has 0 saturated carbocycles.